The summed E-state index contributed by atoms with van der Waals surface area (Å²) in [5, 5.41) is 10.7. The average molecular weight is 240 g/mol. The van der Waals surface area contributed by atoms with Crippen LogP contribution in [0.2, 0.25) is 0 Å². The molecular weight excluding hydrogens is 225 g/mol. The molecular formula is C12H15FNO3. The Hall–Kier alpha value is -1.65. The van der Waals surface area contributed by atoms with Crippen LogP contribution < -0.4 is 4.74 Å². The van der Waals surface area contributed by atoms with E-state index in [2.05, 4.69) is 6.92 Å². The Morgan fingerprint density at radius 3 is 2.76 bits per heavy atom. The third-order valence-corrected chi connectivity index (χ3v) is 2.25. The number of nitrogens with zero attached hydrogens (tertiary/aromatic N) is 1. The first-order valence-corrected chi connectivity index (χ1v) is 5.39. The molecule has 0 fully saturated rings. The molecule has 1 rings (SSSR count). The minimum Gasteiger partial charge on any atom is -0.493 e. The van der Waals surface area contributed by atoms with E-state index < -0.39 is 17.5 Å². The van der Waals surface area contributed by atoms with Gasteiger partial charge in [-0.3, -0.25) is 14.5 Å². The topological polar surface area (TPSA) is 52.4 Å². The maximum atomic E-state index is 12.5. The van der Waals surface area contributed by atoms with Gasteiger partial charge < -0.3 is 4.74 Å². The Morgan fingerprint density at radius 2 is 2.24 bits per heavy atom. The molecule has 0 N–H and O–H groups in total. The number of hydrogen-bond acceptors (Lipinski definition) is 3. The van der Waals surface area contributed by atoms with E-state index in [1.165, 1.54) is 12.1 Å². The quantitative estimate of drug-likeness (QED) is 0.566. The van der Waals surface area contributed by atoms with Crippen LogP contribution >= 0.6 is 0 Å². The van der Waals surface area contributed by atoms with E-state index in [-0.39, 0.29) is 5.69 Å². The van der Waals surface area contributed by atoms with Crippen molar-refractivity contribution < 1.29 is 14.1 Å². The Balaban J connectivity index is 3.05. The number of nitro groups is 1. The van der Waals surface area contributed by atoms with E-state index in [9.17, 15) is 14.5 Å². The number of halogens is 1. The second-order valence-electron chi connectivity index (χ2n) is 3.72. The van der Waals surface area contributed by atoms with Crippen molar-refractivity contribution in [3.8, 4) is 5.75 Å². The van der Waals surface area contributed by atoms with Crippen molar-refractivity contribution >= 4 is 5.69 Å². The number of non-ortho nitro benzene ring substituents is 1. The molecule has 93 valence electrons. The van der Waals surface area contributed by atoms with E-state index in [0.29, 0.717) is 17.9 Å². The molecule has 0 aliphatic heterocycles. The minimum atomic E-state index is -0.658. The Kier molecular flexibility index (Phi) is 4.87. The van der Waals surface area contributed by atoms with Gasteiger partial charge in [-0.2, -0.15) is 0 Å². The van der Waals surface area contributed by atoms with Crippen molar-refractivity contribution in [3.63, 3.8) is 0 Å². The van der Waals surface area contributed by atoms with Crippen LogP contribution in [-0.2, 0) is 0 Å². The fourth-order valence-corrected chi connectivity index (χ4v) is 1.34. The Morgan fingerprint density at radius 1 is 1.53 bits per heavy atom. The highest BCUT2D eigenvalue weighted by molar-refractivity contribution is 5.44. The first kappa shape index (κ1) is 13.4. The highest BCUT2D eigenvalue weighted by atomic mass is 19.1. The first-order valence-electron chi connectivity index (χ1n) is 5.39. The van der Waals surface area contributed by atoms with Crippen molar-refractivity contribution in [2.45, 2.75) is 19.3 Å². The van der Waals surface area contributed by atoms with Crippen LogP contribution in [0.5, 0.6) is 5.75 Å². The first-order chi connectivity index (χ1) is 8.08. The van der Waals surface area contributed by atoms with Gasteiger partial charge in [0.05, 0.1) is 24.3 Å². The lowest BCUT2D eigenvalue weighted by molar-refractivity contribution is -0.385. The monoisotopic (exact) mass is 240 g/mol. The minimum absolute atomic E-state index is 0.101. The van der Waals surface area contributed by atoms with E-state index in [1.54, 1.807) is 6.07 Å². The third-order valence-electron chi connectivity index (χ3n) is 2.25. The lowest BCUT2D eigenvalue weighted by atomic mass is 10.0. The van der Waals surface area contributed by atoms with Crippen LogP contribution in [0, 0.1) is 17.0 Å². The molecule has 1 unspecified atom stereocenters. The highest BCUT2D eigenvalue weighted by Crippen LogP contribution is 2.27. The third kappa shape index (κ3) is 3.69. The molecule has 1 aromatic carbocycles. The molecule has 0 aliphatic rings. The van der Waals surface area contributed by atoms with Gasteiger partial charge in [-0.15, -0.1) is 0 Å². The molecule has 0 amide bonds. The second kappa shape index (κ2) is 6.18. The van der Waals surface area contributed by atoms with Crippen molar-refractivity contribution in [2.75, 3.05) is 13.3 Å². The summed E-state index contributed by atoms with van der Waals surface area (Å²) < 4.78 is 17.8. The van der Waals surface area contributed by atoms with Gasteiger partial charge in [0.15, 0.2) is 0 Å². The summed E-state index contributed by atoms with van der Waals surface area (Å²) in [6.07, 6.45) is 0.801. The van der Waals surface area contributed by atoms with E-state index in [1.807, 2.05) is 6.92 Å². The molecule has 1 radical (unpaired) electrons. The average Bonchev–Trinajstić information content (AvgIpc) is 2.34. The highest BCUT2D eigenvalue weighted by Gasteiger charge is 2.14. The number of rotatable bonds is 6. The molecule has 4 nitrogen and oxygen atoms in total. The zero-order valence-corrected chi connectivity index (χ0v) is 9.69. The molecule has 0 saturated carbocycles. The van der Waals surface area contributed by atoms with Gasteiger partial charge in [0.25, 0.3) is 5.69 Å². The second-order valence-corrected chi connectivity index (χ2v) is 3.72. The molecule has 17 heavy (non-hydrogen) atoms. The van der Waals surface area contributed by atoms with Crippen molar-refractivity contribution in [3.05, 3.63) is 40.8 Å². The summed E-state index contributed by atoms with van der Waals surface area (Å²) in [5.41, 5.74) is 0.378. The van der Waals surface area contributed by atoms with Gasteiger partial charge in [-0.05, 0) is 25.0 Å². The van der Waals surface area contributed by atoms with E-state index in [4.69, 9.17) is 4.74 Å². The smallest absolute Gasteiger partial charge is 0.273 e. The number of hydrogen-bond donors (Lipinski definition) is 0. The molecule has 0 heterocycles. The number of benzene rings is 1. The lowest BCUT2D eigenvalue weighted by Gasteiger charge is -2.10. The SMILES string of the molecule is [CH2]C(CF)c1cc(OCCC)cc([N+](=O)[O-])c1. The van der Waals surface area contributed by atoms with Gasteiger partial charge >= 0.3 is 0 Å². The van der Waals surface area contributed by atoms with Crippen LogP contribution in [-0.4, -0.2) is 18.2 Å². The number of alkyl halides is 1. The zero-order chi connectivity index (χ0) is 12.8. The van der Waals surface area contributed by atoms with E-state index >= 15 is 0 Å². The number of ether oxygens (including phenoxy) is 1. The fraction of sp³-hybridized carbons (Fsp3) is 0.417. The zero-order valence-electron chi connectivity index (χ0n) is 9.69. The predicted molar refractivity (Wildman–Crippen MR) is 63.0 cm³/mol. The fourth-order valence-electron chi connectivity index (χ4n) is 1.34. The van der Waals surface area contributed by atoms with Gasteiger partial charge in [0.1, 0.15) is 5.75 Å². The summed E-state index contributed by atoms with van der Waals surface area (Å²) in [4.78, 5) is 10.2. The molecule has 0 saturated heterocycles. The summed E-state index contributed by atoms with van der Waals surface area (Å²) in [6.45, 7) is 5.34. The largest absolute Gasteiger partial charge is 0.493 e. The lowest BCUT2D eigenvalue weighted by Crippen LogP contribution is -2.01. The maximum absolute atomic E-state index is 12.5. The molecule has 0 bridgehead atoms. The van der Waals surface area contributed by atoms with Crippen LogP contribution in [0.15, 0.2) is 18.2 Å². The standard InChI is InChI=1S/C12H15FNO3/c1-3-4-17-12-6-10(9(2)8-13)5-11(7-12)14(15)16/h5-7,9H,2-4,8H2,1H3. The normalized spacial score (nSPS) is 12.2. The molecule has 1 atom stereocenters. The predicted octanol–water partition coefficient (Wildman–Crippen LogP) is 3.27. The summed E-state index contributed by atoms with van der Waals surface area (Å²) in [6, 6.07) is 4.26. The Labute approximate surface area is 99.6 Å². The maximum Gasteiger partial charge on any atom is 0.273 e. The van der Waals surface area contributed by atoms with Gasteiger partial charge in [-0.25, -0.2) is 0 Å². The summed E-state index contributed by atoms with van der Waals surface area (Å²) >= 11 is 0. The van der Waals surface area contributed by atoms with Crippen LogP contribution in [0.3, 0.4) is 0 Å². The van der Waals surface area contributed by atoms with Crippen molar-refractivity contribution in [2.24, 2.45) is 0 Å². The van der Waals surface area contributed by atoms with Crippen molar-refractivity contribution in [1.82, 2.24) is 0 Å². The van der Waals surface area contributed by atoms with Gasteiger partial charge in [-0.1, -0.05) is 6.92 Å². The molecule has 5 heteroatoms. The van der Waals surface area contributed by atoms with Gasteiger partial charge in [0.2, 0.25) is 0 Å². The van der Waals surface area contributed by atoms with Crippen LogP contribution in [0.1, 0.15) is 24.8 Å². The molecule has 0 spiro atoms. The Bertz CT molecular complexity index is 395. The summed E-state index contributed by atoms with van der Waals surface area (Å²) in [7, 11) is 0. The van der Waals surface area contributed by atoms with Crippen molar-refractivity contribution in [1.29, 1.82) is 0 Å². The molecule has 1 aromatic rings. The van der Waals surface area contributed by atoms with Crippen LogP contribution in [0.4, 0.5) is 10.1 Å². The number of nitro benzene ring substituents is 1. The van der Waals surface area contributed by atoms with E-state index in [0.717, 1.165) is 6.42 Å². The molecule has 0 aromatic heterocycles. The van der Waals surface area contributed by atoms with Crippen LogP contribution in [0.25, 0.3) is 0 Å². The van der Waals surface area contributed by atoms with Gasteiger partial charge in [0, 0.05) is 12.0 Å². The summed E-state index contributed by atoms with van der Waals surface area (Å²) in [5.74, 6) is -0.225. The molecule has 0 aliphatic carbocycles.